The van der Waals surface area contributed by atoms with Gasteiger partial charge in [0, 0.05) is 16.5 Å². The summed E-state index contributed by atoms with van der Waals surface area (Å²) >= 11 is 0. The van der Waals surface area contributed by atoms with Crippen LogP contribution >= 0.6 is 0 Å². The number of benzene rings is 1. The second-order valence-corrected chi connectivity index (χ2v) is 5.35. The summed E-state index contributed by atoms with van der Waals surface area (Å²) in [7, 11) is -3.41. The molecule has 1 aromatic rings. The molecule has 78 valence electrons. The Hall–Kier alpha value is -1.42. The van der Waals surface area contributed by atoms with Gasteiger partial charge in [0.05, 0.1) is 4.90 Å². The fourth-order valence-corrected chi connectivity index (χ4v) is 3.30. The van der Waals surface area contributed by atoms with E-state index in [-0.39, 0.29) is 10.7 Å². The highest BCUT2D eigenvalue weighted by Gasteiger charge is 2.29. The van der Waals surface area contributed by atoms with Crippen LogP contribution in [0.25, 0.3) is 5.57 Å². The van der Waals surface area contributed by atoms with E-state index in [4.69, 9.17) is 0 Å². The average molecular weight is 222 g/mol. The highest BCUT2D eigenvalue weighted by Crippen LogP contribution is 2.35. The summed E-state index contributed by atoms with van der Waals surface area (Å²) in [5, 5.41) is 1.06. The molecule has 4 heteroatoms. The molecule has 0 N–H and O–H groups in total. The predicted molar refractivity (Wildman–Crippen MR) is 57.0 cm³/mol. The smallest absolute Gasteiger partial charge is 0.201 e. The van der Waals surface area contributed by atoms with Crippen molar-refractivity contribution in [2.75, 3.05) is 0 Å². The maximum absolute atomic E-state index is 11.7. The zero-order valence-corrected chi connectivity index (χ0v) is 9.26. The maximum atomic E-state index is 11.7. The van der Waals surface area contributed by atoms with Crippen molar-refractivity contribution in [2.24, 2.45) is 0 Å². The van der Waals surface area contributed by atoms with E-state index in [2.05, 4.69) is 0 Å². The highest BCUT2D eigenvalue weighted by molar-refractivity contribution is 7.95. The number of hydrogen-bond donors (Lipinski definition) is 0. The van der Waals surface area contributed by atoms with E-state index in [1.54, 1.807) is 19.1 Å². The van der Waals surface area contributed by atoms with Crippen molar-refractivity contribution in [1.29, 1.82) is 0 Å². The minimum atomic E-state index is -3.41. The van der Waals surface area contributed by atoms with Gasteiger partial charge in [-0.25, -0.2) is 8.42 Å². The number of carbonyl (C=O) groups excluding carboxylic acids is 1. The molecule has 0 saturated carbocycles. The van der Waals surface area contributed by atoms with Gasteiger partial charge in [-0.15, -0.1) is 0 Å². The molecule has 0 unspecified atom stereocenters. The van der Waals surface area contributed by atoms with E-state index in [0.29, 0.717) is 11.1 Å². The lowest BCUT2D eigenvalue weighted by molar-refractivity contribution is -0.111. The molecule has 0 aromatic heterocycles. The van der Waals surface area contributed by atoms with E-state index in [9.17, 15) is 13.2 Å². The molecule has 0 saturated heterocycles. The number of aryl methyl sites for hydroxylation is 1. The molecule has 0 fully saturated rings. The van der Waals surface area contributed by atoms with Gasteiger partial charge < -0.3 is 0 Å². The molecule has 0 amide bonds. The minimum Gasteiger partial charge on any atom is -0.294 e. The van der Waals surface area contributed by atoms with Crippen molar-refractivity contribution in [3.8, 4) is 0 Å². The number of ketones is 1. The largest absolute Gasteiger partial charge is 0.294 e. The molecule has 1 aliphatic heterocycles. The predicted octanol–water partition coefficient (Wildman–Crippen LogP) is 1.71. The quantitative estimate of drug-likeness (QED) is 0.726. The molecule has 3 nitrogen and oxygen atoms in total. The first-order chi connectivity index (χ1) is 6.93. The Labute approximate surface area is 88.3 Å². The Morgan fingerprint density at radius 2 is 1.93 bits per heavy atom. The lowest BCUT2D eigenvalue weighted by Gasteiger charge is -2.04. The Morgan fingerprint density at radius 1 is 1.27 bits per heavy atom. The van der Waals surface area contributed by atoms with Crippen molar-refractivity contribution in [3.63, 3.8) is 0 Å². The normalized spacial score (nSPS) is 17.1. The van der Waals surface area contributed by atoms with Crippen LogP contribution in [0.2, 0.25) is 0 Å². The fraction of sp³-hybridized carbons (Fsp3) is 0.182. The molecule has 0 aliphatic carbocycles. The fourth-order valence-electron chi connectivity index (χ4n) is 1.76. The van der Waals surface area contributed by atoms with E-state index < -0.39 is 9.84 Å². The summed E-state index contributed by atoms with van der Waals surface area (Å²) in [4.78, 5) is 11.6. The molecule has 1 aliphatic rings. The van der Waals surface area contributed by atoms with E-state index in [0.717, 1.165) is 11.0 Å². The van der Waals surface area contributed by atoms with E-state index in [1.807, 2.05) is 0 Å². The van der Waals surface area contributed by atoms with Crippen molar-refractivity contribution in [2.45, 2.75) is 18.7 Å². The van der Waals surface area contributed by atoms with Gasteiger partial charge in [0.1, 0.15) is 0 Å². The lowest BCUT2D eigenvalue weighted by Crippen LogP contribution is -1.97. The third-order valence-electron chi connectivity index (χ3n) is 2.46. The molecule has 2 rings (SSSR count). The molecule has 0 spiro atoms. The number of carbonyl (C=O) groups is 1. The van der Waals surface area contributed by atoms with Crippen LogP contribution in [-0.4, -0.2) is 14.2 Å². The Kier molecular flexibility index (Phi) is 2.04. The van der Waals surface area contributed by atoms with Crippen LogP contribution in [0.5, 0.6) is 0 Å². The van der Waals surface area contributed by atoms with Gasteiger partial charge in [-0.3, -0.25) is 4.79 Å². The van der Waals surface area contributed by atoms with Crippen molar-refractivity contribution < 1.29 is 13.2 Å². The number of rotatable bonds is 1. The first-order valence-corrected chi connectivity index (χ1v) is 6.06. The highest BCUT2D eigenvalue weighted by atomic mass is 32.2. The van der Waals surface area contributed by atoms with Gasteiger partial charge in [0.15, 0.2) is 5.78 Å². The van der Waals surface area contributed by atoms with Crippen molar-refractivity contribution >= 4 is 21.2 Å². The summed E-state index contributed by atoms with van der Waals surface area (Å²) in [5.74, 6) is -0.216. The number of hydrogen-bond acceptors (Lipinski definition) is 3. The van der Waals surface area contributed by atoms with Crippen LogP contribution < -0.4 is 0 Å². The lowest BCUT2D eigenvalue weighted by atomic mass is 10.00. The average Bonchev–Trinajstić information content (AvgIpc) is 2.40. The van der Waals surface area contributed by atoms with Gasteiger partial charge in [0.2, 0.25) is 9.84 Å². The molecule has 1 heterocycles. The van der Waals surface area contributed by atoms with Crippen LogP contribution in [0.1, 0.15) is 18.1 Å². The monoisotopic (exact) mass is 222 g/mol. The zero-order valence-electron chi connectivity index (χ0n) is 8.44. The van der Waals surface area contributed by atoms with Gasteiger partial charge in [-0.1, -0.05) is 12.1 Å². The Balaban J connectivity index is 2.86. The van der Waals surface area contributed by atoms with Crippen molar-refractivity contribution in [3.05, 3.63) is 34.7 Å². The second kappa shape index (κ2) is 3.03. The third-order valence-corrected chi connectivity index (χ3v) is 3.96. The van der Waals surface area contributed by atoms with Crippen molar-refractivity contribution in [1.82, 2.24) is 0 Å². The topological polar surface area (TPSA) is 51.2 Å². The molecule has 0 radical (unpaired) electrons. The minimum absolute atomic E-state index is 0.216. The van der Waals surface area contributed by atoms with Gasteiger partial charge in [0.25, 0.3) is 0 Å². The van der Waals surface area contributed by atoms with E-state index in [1.165, 1.54) is 13.0 Å². The van der Waals surface area contributed by atoms with Crippen LogP contribution in [0, 0.1) is 6.92 Å². The van der Waals surface area contributed by atoms with Gasteiger partial charge >= 0.3 is 0 Å². The SMILES string of the molecule is CC(=O)C1=CS(=O)(=O)c2cccc(C)c21. The van der Waals surface area contributed by atoms with Crippen LogP contribution in [0.15, 0.2) is 28.5 Å². The number of fused-ring (bicyclic) bond motifs is 1. The molecule has 1 aromatic carbocycles. The molecule has 15 heavy (non-hydrogen) atoms. The Morgan fingerprint density at radius 3 is 2.53 bits per heavy atom. The second-order valence-electron chi connectivity index (χ2n) is 3.58. The summed E-state index contributed by atoms with van der Waals surface area (Å²) in [6.45, 7) is 3.18. The number of sulfone groups is 1. The molecule has 0 bridgehead atoms. The maximum Gasteiger partial charge on any atom is 0.201 e. The third kappa shape index (κ3) is 1.41. The Bertz CT molecular complexity index is 580. The standard InChI is InChI=1S/C11H10O3S/c1-7-4-3-5-10-11(7)9(8(2)12)6-15(10,13)14/h3-6H,1-2H3. The molecular formula is C11H10O3S. The van der Waals surface area contributed by atoms with Crippen LogP contribution in [0.4, 0.5) is 0 Å². The van der Waals surface area contributed by atoms with Gasteiger partial charge in [-0.05, 0) is 25.5 Å². The van der Waals surface area contributed by atoms with Crippen LogP contribution in [-0.2, 0) is 14.6 Å². The summed E-state index contributed by atoms with van der Waals surface area (Å²) in [5.41, 5.74) is 1.67. The molecular weight excluding hydrogens is 212 g/mol. The van der Waals surface area contributed by atoms with E-state index >= 15 is 0 Å². The van der Waals surface area contributed by atoms with Gasteiger partial charge in [-0.2, -0.15) is 0 Å². The summed E-state index contributed by atoms with van der Waals surface area (Å²) in [6, 6.07) is 5.02. The van der Waals surface area contributed by atoms with Crippen LogP contribution in [0.3, 0.4) is 0 Å². The number of Topliss-reactive ketones (excluding diaryl/α,β-unsaturated/α-hetero) is 1. The first kappa shape index (κ1) is 10.1. The first-order valence-electron chi connectivity index (χ1n) is 4.51. The zero-order chi connectivity index (χ0) is 11.2. The number of allylic oxidation sites excluding steroid dienone is 1. The molecule has 0 atom stereocenters. The summed E-state index contributed by atoms with van der Waals surface area (Å²) < 4.78 is 23.4. The summed E-state index contributed by atoms with van der Waals surface area (Å²) in [6.07, 6.45) is 0.